The summed E-state index contributed by atoms with van der Waals surface area (Å²) in [6.45, 7) is 3.95. The van der Waals surface area contributed by atoms with E-state index in [1.54, 1.807) is 12.1 Å². The lowest BCUT2D eigenvalue weighted by molar-refractivity contribution is -0.120. The molecule has 2 aromatic rings. The molecule has 5 heteroatoms. The van der Waals surface area contributed by atoms with E-state index in [-0.39, 0.29) is 24.3 Å². The molecule has 0 aliphatic rings. The second kappa shape index (κ2) is 7.45. The van der Waals surface area contributed by atoms with E-state index in [1.165, 1.54) is 11.8 Å². The fourth-order valence-electron chi connectivity index (χ4n) is 2.12. The van der Waals surface area contributed by atoms with Crippen LogP contribution in [0.5, 0.6) is 0 Å². The maximum atomic E-state index is 12.0. The van der Waals surface area contributed by atoms with E-state index in [2.05, 4.69) is 10.6 Å². The number of rotatable bonds is 6. The van der Waals surface area contributed by atoms with Crippen molar-refractivity contribution < 1.29 is 14.0 Å². The highest BCUT2D eigenvalue weighted by Gasteiger charge is 2.14. The van der Waals surface area contributed by atoms with Crippen molar-refractivity contribution in [3.05, 3.63) is 59.5 Å². The van der Waals surface area contributed by atoms with Crippen molar-refractivity contribution in [3.8, 4) is 0 Å². The molecule has 116 valence electrons. The number of carbonyl (C=O) groups excluding carboxylic acids is 2. The lowest BCUT2D eigenvalue weighted by Crippen LogP contribution is -2.38. The van der Waals surface area contributed by atoms with Crippen molar-refractivity contribution in [2.24, 2.45) is 0 Å². The van der Waals surface area contributed by atoms with Gasteiger partial charge in [0.05, 0.1) is 18.8 Å². The van der Waals surface area contributed by atoms with Crippen LogP contribution in [0.2, 0.25) is 0 Å². The number of aryl methyl sites for hydroxylation is 1. The molecule has 0 aliphatic carbocycles. The first-order valence-electron chi connectivity index (χ1n) is 7.27. The lowest BCUT2D eigenvalue weighted by atomic mass is 10.0. The first kappa shape index (κ1) is 15.8. The maximum absolute atomic E-state index is 12.0. The van der Waals surface area contributed by atoms with E-state index >= 15 is 0 Å². The molecule has 0 saturated carbocycles. The van der Waals surface area contributed by atoms with Crippen molar-refractivity contribution in [1.29, 1.82) is 0 Å². The molecule has 0 saturated heterocycles. The van der Waals surface area contributed by atoms with Crippen molar-refractivity contribution in [2.45, 2.75) is 26.3 Å². The summed E-state index contributed by atoms with van der Waals surface area (Å²) >= 11 is 0. The average molecular weight is 300 g/mol. The van der Waals surface area contributed by atoms with Crippen molar-refractivity contribution in [2.75, 3.05) is 6.54 Å². The van der Waals surface area contributed by atoms with Gasteiger partial charge in [-0.05, 0) is 31.0 Å². The Balaban J connectivity index is 1.87. The quantitative estimate of drug-likeness (QED) is 0.861. The molecule has 1 heterocycles. The molecule has 0 aliphatic heterocycles. The third kappa shape index (κ3) is 4.22. The summed E-state index contributed by atoms with van der Waals surface area (Å²) in [5, 5.41) is 5.45. The fourth-order valence-corrected chi connectivity index (χ4v) is 2.12. The molecule has 0 radical (unpaired) electrons. The van der Waals surface area contributed by atoms with Gasteiger partial charge < -0.3 is 15.1 Å². The van der Waals surface area contributed by atoms with E-state index in [0.717, 1.165) is 12.0 Å². The molecule has 1 aromatic heterocycles. The molecule has 2 amide bonds. The summed E-state index contributed by atoms with van der Waals surface area (Å²) in [6, 6.07) is 11.2. The fraction of sp³-hybridized carbons (Fsp3) is 0.294. The minimum absolute atomic E-state index is 0.0615. The molecule has 2 N–H and O–H groups in total. The van der Waals surface area contributed by atoms with Crippen molar-refractivity contribution in [3.63, 3.8) is 0 Å². The largest absolute Gasteiger partial charge is 0.459 e. The van der Waals surface area contributed by atoms with E-state index in [0.29, 0.717) is 0 Å². The van der Waals surface area contributed by atoms with E-state index in [1.807, 2.05) is 38.1 Å². The number of nitrogens with one attached hydrogen (secondary N) is 2. The second-order valence-electron chi connectivity index (χ2n) is 5.10. The molecule has 1 aromatic carbocycles. The Morgan fingerprint density at radius 2 is 1.91 bits per heavy atom. The van der Waals surface area contributed by atoms with Gasteiger partial charge in [-0.1, -0.05) is 36.8 Å². The van der Waals surface area contributed by atoms with Crippen LogP contribution in [0.3, 0.4) is 0 Å². The van der Waals surface area contributed by atoms with Crippen LogP contribution in [-0.2, 0) is 4.79 Å². The van der Waals surface area contributed by atoms with Crippen LogP contribution in [-0.4, -0.2) is 18.4 Å². The zero-order valence-corrected chi connectivity index (χ0v) is 12.8. The van der Waals surface area contributed by atoms with Crippen LogP contribution in [0.4, 0.5) is 0 Å². The van der Waals surface area contributed by atoms with Gasteiger partial charge in [-0.2, -0.15) is 0 Å². The van der Waals surface area contributed by atoms with Gasteiger partial charge in [0, 0.05) is 0 Å². The van der Waals surface area contributed by atoms with Gasteiger partial charge in [0.25, 0.3) is 5.91 Å². The average Bonchev–Trinajstić information content (AvgIpc) is 3.05. The molecule has 0 spiro atoms. The third-order valence-electron chi connectivity index (χ3n) is 3.38. The summed E-state index contributed by atoms with van der Waals surface area (Å²) in [4.78, 5) is 23.7. The maximum Gasteiger partial charge on any atom is 0.287 e. The minimum Gasteiger partial charge on any atom is -0.459 e. The predicted octanol–water partition coefficient (Wildman–Crippen LogP) is 2.59. The molecular formula is C17H20N2O3. The third-order valence-corrected chi connectivity index (χ3v) is 3.38. The van der Waals surface area contributed by atoms with Gasteiger partial charge >= 0.3 is 0 Å². The Bertz CT molecular complexity index is 618. The lowest BCUT2D eigenvalue weighted by Gasteiger charge is -2.17. The van der Waals surface area contributed by atoms with Gasteiger partial charge in [-0.25, -0.2) is 0 Å². The number of benzene rings is 1. The summed E-state index contributed by atoms with van der Waals surface area (Å²) in [6.07, 6.45) is 2.19. The van der Waals surface area contributed by atoms with Crippen LogP contribution < -0.4 is 10.6 Å². The smallest absolute Gasteiger partial charge is 0.287 e. The van der Waals surface area contributed by atoms with E-state index < -0.39 is 5.91 Å². The van der Waals surface area contributed by atoms with E-state index in [9.17, 15) is 9.59 Å². The van der Waals surface area contributed by atoms with Gasteiger partial charge in [-0.15, -0.1) is 0 Å². The Hall–Kier alpha value is -2.56. The molecule has 0 fully saturated rings. The van der Waals surface area contributed by atoms with Crippen molar-refractivity contribution in [1.82, 2.24) is 10.6 Å². The summed E-state index contributed by atoms with van der Waals surface area (Å²) in [5.74, 6) is -0.436. The number of amides is 2. The van der Waals surface area contributed by atoms with Gasteiger partial charge in [0.1, 0.15) is 0 Å². The predicted molar refractivity (Wildman–Crippen MR) is 83.4 cm³/mol. The summed E-state index contributed by atoms with van der Waals surface area (Å²) in [5.41, 5.74) is 2.23. The van der Waals surface area contributed by atoms with Crippen LogP contribution in [0, 0.1) is 6.92 Å². The second-order valence-corrected chi connectivity index (χ2v) is 5.10. The first-order chi connectivity index (χ1) is 10.6. The van der Waals surface area contributed by atoms with Crippen LogP contribution in [0.1, 0.15) is 41.1 Å². The molecule has 2 rings (SSSR count). The molecule has 22 heavy (non-hydrogen) atoms. The molecule has 1 atom stereocenters. The van der Waals surface area contributed by atoms with Crippen molar-refractivity contribution >= 4 is 11.8 Å². The Morgan fingerprint density at radius 1 is 1.18 bits per heavy atom. The van der Waals surface area contributed by atoms with Crippen LogP contribution in [0.25, 0.3) is 0 Å². The van der Waals surface area contributed by atoms with Gasteiger partial charge in [-0.3, -0.25) is 9.59 Å². The Kier molecular flexibility index (Phi) is 5.36. The highest BCUT2D eigenvalue weighted by atomic mass is 16.3. The van der Waals surface area contributed by atoms with Gasteiger partial charge in [0.2, 0.25) is 5.91 Å². The zero-order chi connectivity index (χ0) is 15.9. The minimum atomic E-state index is -0.400. The highest BCUT2D eigenvalue weighted by Crippen LogP contribution is 2.16. The summed E-state index contributed by atoms with van der Waals surface area (Å²) in [7, 11) is 0. The number of hydrogen-bond donors (Lipinski definition) is 2. The highest BCUT2D eigenvalue weighted by molar-refractivity contribution is 5.94. The Labute approximate surface area is 129 Å². The van der Waals surface area contributed by atoms with Gasteiger partial charge in [0.15, 0.2) is 5.76 Å². The first-order valence-corrected chi connectivity index (χ1v) is 7.27. The zero-order valence-electron chi connectivity index (χ0n) is 12.8. The molecule has 5 nitrogen and oxygen atoms in total. The molecular weight excluding hydrogens is 280 g/mol. The molecule has 1 unspecified atom stereocenters. The van der Waals surface area contributed by atoms with E-state index in [4.69, 9.17) is 4.42 Å². The number of hydrogen-bond acceptors (Lipinski definition) is 3. The number of carbonyl (C=O) groups is 2. The topological polar surface area (TPSA) is 71.3 Å². The normalized spacial score (nSPS) is 11.7. The van der Waals surface area contributed by atoms with Crippen LogP contribution in [0.15, 0.2) is 47.1 Å². The number of furan rings is 1. The van der Waals surface area contributed by atoms with Crippen LogP contribution >= 0.6 is 0 Å². The monoisotopic (exact) mass is 300 g/mol. The Morgan fingerprint density at radius 3 is 2.50 bits per heavy atom. The molecule has 0 bridgehead atoms. The standard InChI is InChI=1S/C17H20N2O3/c1-3-14(13-8-6-12(2)7-9-13)19-16(20)11-18-17(21)15-5-4-10-22-15/h4-10,14H,3,11H2,1-2H3,(H,18,21)(H,19,20). The SMILES string of the molecule is CCC(NC(=O)CNC(=O)c1ccco1)c1ccc(C)cc1. The summed E-state index contributed by atoms with van der Waals surface area (Å²) < 4.78 is 4.97.